The summed E-state index contributed by atoms with van der Waals surface area (Å²) in [6.07, 6.45) is 3.14. The molecule has 0 atom stereocenters. The molecule has 2 aromatic rings. The number of anilines is 1. The van der Waals surface area contributed by atoms with E-state index in [0.717, 1.165) is 12.8 Å². The minimum Gasteiger partial charge on any atom is -0.461 e. The van der Waals surface area contributed by atoms with Crippen molar-refractivity contribution in [3.8, 4) is 0 Å². The molecule has 22 heavy (non-hydrogen) atoms. The first-order valence-electron chi connectivity index (χ1n) is 7.04. The summed E-state index contributed by atoms with van der Waals surface area (Å²) in [6.45, 7) is 4.47. The Morgan fingerprint density at radius 1 is 1.32 bits per heavy atom. The number of ether oxygens (including phenoxy) is 1. The van der Waals surface area contributed by atoms with Gasteiger partial charge in [-0.2, -0.15) is 0 Å². The SMILES string of the molecule is CCCCNC(=O)c1nnc2c(C(=O)OCC)ncn2c1N. The quantitative estimate of drug-likeness (QED) is 0.585. The molecule has 0 aromatic carbocycles. The Morgan fingerprint density at radius 3 is 2.77 bits per heavy atom. The lowest BCUT2D eigenvalue weighted by Crippen LogP contribution is -2.27. The van der Waals surface area contributed by atoms with Crippen LogP contribution in [-0.4, -0.2) is 44.6 Å². The Hall–Kier alpha value is -2.71. The van der Waals surface area contributed by atoms with Gasteiger partial charge in [-0.25, -0.2) is 9.78 Å². The molecule has 0 fully saturated rings. The molecule has 1 amide bonds. The minimum absolute atomic E-state index is 0.00332. The zero-order chi connectivity index (χ0) is 16.1. The van der Waals surface area contributed by atoms with Gasteiger partial charge in [0.25, 0.3) is 5.91 Å². The second-order valence-corrected chi connectivity index (χ2v) is 4.55. The predicted molar refractivity (Wildman–Crippen MR) is 78.4 cm³/mol. The number of fused-ring (bicyclic) bond motifs is 1. The van der Waals surface area contributed by atoms with E-state index in [-0.39, 0.29) is 29.5 Å². The number of imidazole rings is 1. The van der Waals surface area contributed by atoms with Crippen LogP contribution in [0.25, 0.3) is 5.65 Å². The standard InChI is InChI=1S/C13H18N6O3/c1-3-5-6-15-12(20)8-10(14)19-7-16-9(11(19)18-17-8)13(21)22-4-2/h7H,3-6,14H2,1-2H3,(H,15,20). The smallest absolute Gasteiger partial charge is 0.360 e. The van der Waals surface area contributed by atoms with Crippen molar-refractivity contribution in [2.24, 2.45) is 0 Å². The van der Waals surface area contributed by atoms with Crippen LogP contribution in [0.3, 0.4) is 0 Å². The number of unbranched alkanes of at least 4 members (excludes halogenated alkanes) is 1. The summed E-state index contributed by atoms with van der Waals surface area (Å²) in [5.41, 5.74) is 6.08. The van der Waals surface area contributed by atoms with E-state index in [4.69, 9.17) is 10.5 Å². The average molecular weight is 306 g/mol. The number of aromatic nitrogens is 4. The topological polar surface area (TPSA) is 124 Å². The Morgan fingerprint density at radius 2 is 2.09 bits per heavy atom. The van der Waals surface area contributed by atoms with Gasteiger partial charge in [-0.15, -0.1) is 10.2 Å². The van der Waals surface area contributed by atoms with Crippen LogP contribution in [0.15, 0.2) is 6.33 Å². The molecule has 2 heterocycles. The van der Waals surface area contributed by atoms with Gasteiger partial charge in [-0.05, 0) is 13.3 Å². The van der Waals surface area contributed by atoms with Crippen molar-refractivity contribution in [3.05, 3.63) is 17.7 Å². The molecular weight excluding hydrogens is 288 g/mol. The Labute approximate surface area is 126 Å². The summed E-state index contributed by atoms with van der Waals surface area (Å²) < 4.78 is 6.22. The molecule has 0 aliphatic heterocycles. The molecule has 118 valence electrons. The van der Waals surface area contributed by atoms with Crippen LogP contribution in [-0.2, 0) is 4.74 Å². The molecule has 0 aliphatic carbocycles. The zero-order valence-electron chi connectivity index (χ0n) is 12.5. The molecule has 9 heteroatoms. The molecular formula is C13H18N6O3. The van der Waals surface area contributed by atoms with Gasteiger partial charge in [-0.3, -0.25) is 9.20 Å². The maximum atomic E-state index is 12.0. The molecule has 2 aromatic heterocycles. The summed E-state index contributed by atoms with van der Waals surface area (Å²) >= 11 is 0. The lowest BCUT2D eigenvalue weighted by atomic mass is 10.3. The van der Waals surface area contributed by atoms with Gasteiger partial charge in [0, 0.05) is 6.54 Å². The number of rotatable bonds is 6. The van der Waals surface area contributed by atoms with E-state index in [2.05, 4.69) is 20.5 Å². The van der Waals surface area contributed by atoms with Crippen molar-refractivity contribution >= 4 is 23.3 Å². The molecule has 0 aliphatic rings. The number of nitrogens with zero attached hydrogens (tertiary/aromatic N) is 4. The van der Waals surface area contributed by atoms with E-state index < -0.39 is 11.9 Å². The van der Waals surface area contributed by atoms with Crippen LogP contribution >= 0.6 is 0 Å². The number of hydrogen-bond acceptors (Lipinski definition) is 7. The fourth-order valence-corrected chi connectivity index (χ4v) is 1.84. The van der Waals surface area contributed by atoms with Crippen molar-refractivity contribution in [2.45, 2.75) is 26.7 Å². The van der Waals surface area contributed by atoms with Gasteiger partial charge in [0.05, 0.1) is 6.61 Å². The number of nitrogens with two attached hydrogens (primary N) is 1. The van der Waals surface area contributed by atoms with Gasteiger partial charge in [0.15, 0.2) is 17.0 Å². The number of carbonyl (C=O) groups is 2. The van der Waals surface area contributed by atoms with Gasteiger partial charge in [-0.1, -0.05) is 13.3 Å². The molecule has 0 saturated heterocycles. The first-order chi connectivity index (χ1) is 10.6. The normalized spacial score (nSPS) is 10.6. The van der Waals surface area contributed by atoms with E-state index in [9.17, 15) is 9.59 Å². The fraction of sp³-hybridized carbons (Fsp3) is 0.462. The third-order valence-corrected chi connectivity index (χ3v) is 2.99. The number of carbonyl (C=O) groups excluding carboxylic acids is 2. The van der Waals surface area contributed by atoms with Crippen LogP contribution in [0.2, 0.25) is 0 Å². The largest absolute Gasteiger partial charge is 0.461 e. The summed E-state index contributed by atoms with van der Waals surface area (Å²) in [5.74, 6) is -0.951. The van der Waals surface area contributed by atoms with Crippen molar-refractivity contribution in [1.29, 1.82) is 0 Å². The molecule has 0 bridgehead atoms. The number of hydrogen-bond donors (Lipinski definition) is 2. The van der Waals surface area contributed by atoms with Gasteiger partial charge < -0.3 is 15.8 Å². The van der Waals surface area contributed by atoms with E-state index >= 15 is 0 Å². The van der Waals surface area contributed by atoms with Crippen molar-refractivity contribution in [1.82, 2.24) is 24.9 Å². The molecule has 0 unspecified atom stereocenters. The van der Waals surface area contributed by atoms with Gasteiger partial charge in [0.1, 0.15) is 12.1 Å². The fourth-order valence-electron chi connectivity index (χ4n) is 1.84. The maximum Gasteiger partial charge on any atom is 0.360 e. The number of nitrogens with one attached hydrogen (secondary N) is 1. The van der Waals surface area contributed by atoms with Crippen molar-refractivity contribution < 1.29 is 14.3 Å². The maximum absolute atomic E-state index is 12.0. The second-order valence-electron chi connectivity index (χ2n) is 4.55. The lowest BCUT2D eigenvalue weighted by Gasteiger charge is -2.07. The highest BCUT2D eigenvalue weighted by Crippen LogP contribution is 2.14. The van der Waals surface area contributed by atoms with Crippen molar-refractivity contribution in [2.75, 3.05) is 18.9 Å². The van der Waals surface area contributed by atoms with Crippen LogP contribution in [0.5, 0.6) is 0 Å². The summed E-state index contributed by atoms with van der Waals surface area (Å²) in [7, 11) is 0. The Balaban J connectivity index is 2.31. The van der Waals surface area contributed by atoms with Crippen LogP contribution in [0.4, 0.5) is 5.82 Å². The molecule has 0 radical (unpaired) electrons. The van der Waals surface area contributed by atoms with Crippen LogP contribution in [0, 0.1) is 0 Å². The molecule has 0 saturated carbocycles. The minimum atomic E-state index is -0.612. The zero-order valence-corrected chi connectivity index (χ0v) is 12.5. The number of amides is 1. The van der Waals surface area contributed by atoms with E-state index in [1.54, 1.807) is 6.92 Å². The summed E-state index contributed by atoms with van der Waals surface area (Å²) in [6, 6.07) is 0. The third kappa shape index (κ3) is 2.97. The summed E-state index contributed by atoms with van der Waals surface area (Å²) in [5, 5.41) is 10.4. The van der Waals surface area contributed by atoms with E-state index in [0.29, 0.717) is 6.54 Å². The Kier molecular flexibility index (Phi) is 4.87. The van der Waals surface area contributed by atoms with E-state index in [1.807, 2.05) is 6.92 Å². The molecule has 3 N–H and O–H groups in total. The van der Waals surface area contributed by atoms with Crippen LogP contribution in [0.1, 0.15) is 47.7 Å². The molecule has 2 rings (SSSR count). The first kappa shape index (κ1) is 15.7. The van der Waals surface area contributed by atoms with Crippen molar-refractivity contribution in [3.63, 3.8) is 0 Å². The lowest BCUT2D eigenvalue weighted by molar-refractivity contribution is 0.0522. The van der Waals surface area contributed by atoms with Crippen LogP contribution < -0.4 is 11.1 Å². The highest BCUT2D eigenvalue weighted by Gasteiger charge is 2.21. The number of nitrogen functional groups attached to an aromatic ring is 1. The monoisotopic (exact) mass is 306 g/mol. The average Bonchev–Trinajstić information content (AvgIpc) is 2.93. The highest BCUT2D eigenvalue weighted by atomic mass is 16.5. The third-order valence-electron chi connectivity index (χ3n) is 2.99. The molecule has 9 nitrogen and oxygen atoms in total. The molecule has 0 spiro atoms. The second kappa shape index (κ2) is 6.83. The highest BCUT2D eigenvalue weighted by molar-refractivity contribution is 5.98. The summed E-state index contributed by atoms with van der Waals surface area (Å²) in [4.78, 5) is 27.7. The van der Waals surface area contributed by atoms with Gasteiger partial charge >= 0.3 is 5.97 Å². The van der Waals surface area contributed by atoms with Gasteiger partial charge in [0.2, 0.25) is 0 Å². The van der Waals surface area contributed by atoms with E-state index in [1.165, 1.54) is 10.7 Å². The first-order valence-corrected chi connectivity index (χ1v) is 7.04. The number of esters is 1. The predicted octanol–water partition coefficient (Wildman–Crippen LogP) is 0.413. The Bertz CT molecular complexity index is 696.